The van der Waals surface area contributed by atoms with E-state index in [1.54, 1.807) is 18.2 Å². The molecule has 32 heavy (non-hydrogen) atoms. The van der Waals surface area contributed by atoms with Crippen LogP contribution in [0.1, 0.15) is 65.4 Å². The highest BCUT2D eigenvalue weighted by Crippen LogP contribution is 2.24. The topological polar surface area (TPSA) is 63.7 Å². The van der Waals surface area contributed by atoms with Crippen molar-refractivity contribution in [3.63, 3.8) is 0 Å². The van der Waals surface area contributed by atoms with E-state index in [9.17, 15) is 17.6 Å². The maximum absolute atomic E-state index is 13.3. The Labute approximate surface area is 191 Å². The van der Waals surface area contributed by atoms with Gasteiger partial charge in [-0.3, -0.25) is 4.79 Å². The van der Waals surface area contributed by atoms with Gasteiger partial charge in [-0.25, -0.2) is 4.39 Å². The molecule has 7 heteroatoms. The van der Waals surface area contributed by atoms with E-state index >= 15 is 0 Å². The molecule has 5 nitrogen and oxygen atoms in total. The molecule has 0 radical (unpaired) electrons. The van der Waals surface area contributed by atoms with Crippen LogP contribution in [0.2, 0.25) is 0 Å². The molecule has 0 N–H and O–H groups in total. The van der Waals surface area contributed by atoms with Gasteiger partial charge >= 0.3 is 10.1 Å². The van der Waals surface area contributed by atoms with Gasteiger partial charge in [-0.15, -0.1) is 0 Å². The van der Waals surface area contributed by atoms with Crippen molar-refractivity contribution in [1.82, 2.24) is 4.90 Å². The highest BCUT2D eigenvalue weighted by Gasteiger charge is 2.26. The number of hydrogen-bond donors (Lipinski definition) is 0. The molecule has 0 aliphatic heterocycles. The van der Waals surface area contributed by atoms with Gasteiger partial charge in [0.25, 0.3) is 0 Å². The van der Waals surface area contributed by atoms with E-state index in [2.05, 4.69) is 6.92 Å². The zero-order valence-corrected chi connectivity index (χ0v) is 20.2. The molecule has 0 spiro atoms. The minimum atomic E-state index is -4.09. The molecule has 2 rings (SSSR count). The summed E-state index contributed by atoms with van der Waals surface area (Å²) in [5.74, 6) is -0.241. The van der Waals surface area contributed by atoms with Gasteiger partial charge in [-0.2, -0.15) is 8.42 Å². The smallest absolute Gasteiger partial charge is 0.339 e. The van der Waals surface area contributed by atoms with Crippen LogP contribution in [0.5, 0.6) is 5.75 Å². The normalized spacial score (nSPS) is 13.4. The second kappa shape index (κ2) is 12.0. The fourth-order valence-corrected chi connectivity index (χ4v) is 4.45. The Hall–Kier alpha value is -2.41. The lowest BCUT2D eigenvalue weighted by Gasteiger charge is -2.32. The molecule has 0 bridgehead atoms. The zero-order chi connectivity index (χ0) is 23.7. The maximum atomic E-state index is 13.3. The van der Waals surface area contributed by atoms with E-state index in [1.165, 1.54) is 12.1 Å². The Balaban J connectivity index is 2.22. The SMILES string of the molecule is CCCCC(CC)C(=O)N(Cc1cccc(OS(=O)(=O)c2ccc(F)cc2)c1)C(C)CC. The summed E-state index contributed by atoms with van der Waals surface area (Å²) >= 11 is 0. The largest absolute Gasteiger partial charge is 0.379 e. The first-order chi connectivity index (χ1) is 15.2. The lowest BCUT2D eigenvalue weighted by atomic mass is 9.96. The number of rotatable bonds is 12. The van der Waals surface area contributed by atoms with E-state index in [0.29, 0.717) is 6.54 Å². The number of nitrogens with zero attached hydrogens (tertiary/aromatic N) is 1. The highest BCUT2D eigenvalue weighted by atomic mass is 32.2. The maximum Gasteiger partial charge on any atom is 0.339 e. The standard InChI is InChI=1S/C25H34FNO4S/c1-5-8-11-21(7-3)25(28)27(19(4)6-2)18-20-10-9-12-23(17-20)31-32(29,30)24-15-13-22(26)14-16-24/h9-10,12-17,19,21H,5-8,11,18H2,1-4H3. The summed E-state index contributed by atoms with van der Waals surface area (Å²) in [7, 11) is -4.09. The van der Waals surface area contributed by atoms with Crippen LogP contribution in [-0.4, -0.2) is 25.3 Å². The molecule has 2 unspecified atom stereocenters. The van der Waals surface area contributed by atoms with Gasteiger partial charge in [0.2, 0.25) is 5.91 Å². The quantitative estimate of drug-likeness (QED) is 0.366. The first kappa shape index (κ1) is 25.8. The predicted molar refractivity (Wildman–Crippen MR) is 124 cm³/mol. The summed E-state index contributed by atoms with van der Waals surface area (Å²) in [5, 5.41) is 0. The Morgan fingerprint density at radius 3 is 2.34 bits per heavy atom. The van der Waals surface area contributed by atoms with Crippen LogP contribution in [0.3, 0.4) is 0 Å². The van der Waals surface area contributed by atoms with E-state index in [1.807, 2.05) is 31.7 Å². The molecule has 2 aromatic rings. The van der Waals surface area contributed by atoms with Crippen molar-refractivity contribution in [3.8, 4) is 5.75 Å². The third kappa shape index (κ3) is 7.05. The van der Waals surface area contributed by atoms with Crippen LogP contribution in [0, 0.1) is 11.7 Å². The third-order valence-electron chi connectivity index (χ3n) is 5.71. The van der Waals surface area contributed by atoms with Gasteiger partial charge in [0.1, 0.15) is 16.5 Å². The molecule has 2 atom stereocenters. The van der Waals surface area contributed by atoms with E-state index in [-0.39, 0.29) is 28.5 Å². The van der Waals surface area contributed by atoms with Crippen LogP contribution in [0.4, 0.5) is 4.39 Å². The van der Waals surface area contributed by atoms with Crippen molar-refractivity contribution in [1.29, 1.82) is 0 Å². The van der Waals surface area contributed by atoms with Gasteiger partial charge in [-0.05, 0) is 68.1 Å². The summed E-state index contributed by atoms with van der Waals surface area (Å²) in [6, 6.07) is 11.3. The van der Waals surface area contributed by atoms with Gasteiger partial charge in [-0.1, -0.05) is 45.7 Å². The van der Waals surface area contributed by atoms with Crippen LogP contribution in [0.15, 0.2) is 53.4 Å². The Morgan fingerprint density at radius 2 is 1.75 bits per heavy atom. The van der Waals surface area contributed by atoms with Crippen LogP contribution in [0.25, 0.3) is 0 Å². The number of unbranched alkanes of at least 4 members (excludes halogenated alkanes) is 1. The van der Waals surface area contributed by atoms with E-state index in [0.717, 1.165) is 49.8 Å². The molecule has 0 fully saturated rings. The van der Waals surface area contributed by atoms with Crippen LogP contribution < -0.4 is 4.18 Å². The number of hydrogen-bond acceptors (Lipinski definition) is 4. The van der Waals surface area contributed by atoms with Gasteiger partial charge < -0.3 is 9.08 Å². The fraction of sp³-hybridized carbons (Fsp3) is 0.480. The molecule has 176 valence electrons. The number of carbonyl (C=O) groups is 1. The summed E-state index contributed by atoms with van der Waals surface area (Å²) in [4.78, 5) is 15.0. The van der Waals surface area contributed by atoms with Crippen molar-refractivity contribution in [2.75, 3.05) is 0 Å². The monoisotopic (exact) mass is 463 g/mol. The number of halogens is 1. The van der Waals surface area contributed by atoms with E-state index < -0.39 is 15.9 Å². The van der Waals surface area contributed by atoms with Crippen molar-refractivity contribution < 1.29 is 21.8 Å². The first-order valence-electron chi connectivity index (χ1n) is 11.3. The lowest BCUT2D eigenvalue weighted by Crippen LogP contribution is -2.41. The number of amides is 1. The third-order valence-corrected chi connectivity index (χ3v) is 6.98. The second-order valence-electron chi connectivity index (χ2n) is 8.11. The molecule has 0 aliphatic carbocycles. The number of carbonyl (C=O) groups excluding carboxylic acids is 1. The van der Waals surface area contributed by atoms with Crippen LogP contribution >= 0.6 is 0 Å². The predicted octanol–water partition coefficient (Wildman–Crippen LogP) is 5.94. The van der Waals surface area contributed by atoms with Crippen molar-refractivity contribution in [3.05, 3.63) is 59.9 Å². The molecular formula is C25H34FNO4S. The van der Waals surface area contributed by atoms with Crippen molar-refractivity contribution in [2.24, 2.45) is 5.92 Å². The Kier molecular flexibility index (Phi) is 9.69. The molecule has 0 heterocycles. The summed E-state index contributed by atoms with van der Waals surface area (Å²) < 4.78 is 43.4. The summed E-state index contributed by atoms with van der Waals surface area (Å²) in [6.45, 7) is 8.62. The molecule has 2 aromatic carbocycles. The fourth-order valence-electron chi connectivity index (χ4n) is 3.53. The van der Waals surface area contributed by atoms with E-state index in [4.69, 9.17) is 4.18 Å². The van der Waals surface area contributed by atoms with Gasteiger partial charge in [0.05, 0.1) is 0 Å². The molecular weight excluding hydrogens is 429 g/mol. The highest BCUT2D eigenvalue weighted by molar-refractivity contribution is 7.87. The first-order valence-corrected chi connectivity index (χ1v) is 12.7. The van der Waals surface area contributed by atoms with Crippen molar-refractivity contribution >= 4 is 16.0 Å². The Morgan fingerprint density at radius 1 is 1.06 bits per heavy atom. The van der Waals surface area contributed by atoms with Crippen LogP contribution in [-0.2, 0) is 21.5 Å². The Bertz CT molecular complexity index is 976. The molecule has 0 aromatic heterocycles. The molecule has 1 amide bonds. The zero-order valence-electron chi connectivity index (χ0n) is 19.4. The van der Waals surface area contributed by atoms with Crippen molar-refractivity contribution in [2.45, 2.75) is 77.3 Å². The van der Waals surface area contributed by atoms with Gasteiger partial charge in [0.15, 0.2) is 0 Å². The molecule has 0 saturated carbocycles. The molecule has 0 saturated heterocycles. The lowest BCUT2D eigenvalue weighted by molar-refractivity contribution is -0.138. The summed E-state index contributed by atoms with van der Waals surface area (Å²) in [5.41, 5.74) is 0.788. The van der Waals surface area contributed by atoms with Gasteiger partial charge in [0, 0.05) is 18.5 Å². The average molecular weight is 464 g/mol. The summed E-state index contributed by atoms with van der Waals surface area (Å²) in [6.07, 6.45) is 4.56. The average Bonchev–Trinajstić information content (AvgIpc) is 2.77. The number of benzene rings is 2. The molecule has 0 aliphatic rings. The second-order valence-corrected chi connectivity index (χ2v) is 9.66. The minimum absolute atomic E-state index is 0.0118. The minimum Gasteiger partial charge on any atom is -0.379 e.